The summed E-state index contributed by atoms with van der Waals surface area (Å²) in [6, 6.07) is 14.7. The Morgan fingerprint density at radius 3 is 2.67 bits per heavy atom. The highest BCUT2D eigenvalue weighted by atomic mass is 19.1. The van der Waals surface area contributed by atoms with Crippen molar-refractivity contribution in [2.75, 3.05) is 0 Å². The molecule has 2 amide bonds. The van der Waals surface area contributed by atoms with Crippen molar-refractivity contribution in [1.29, 1.82) is 0 Å². The van der Waals surface area contributed by atoms with Crippen LogP contribution in [0.25, 0.3) is 0 Å². The van der Waals surface area contributed by atoms with E-state index >= 15 is 0 Å². The number of nitrogens with one attached hydrogen (secondary N) is 1. The largest absolute Gasteiger partial charge is 0.350 e. The topological polar surface area (TPSA) is 49.4 Å². The average molecular weight is 364 g/mol. The van der Waals surface area contributed by atoms with Gasteiger partial charge in [0.25, 0.3) is 0 Å². The van der Waals surface area contributed by atoms with E-state index in [1.54, 1.807) is 17.0 Å². The SMILES string of the molecule is O=C(NCc1ccccc1)C(c1cccc(F)c1)N1C(=O)[C@@H]2CC=CC[C@@H]21. The molecule has 2 aromatic carbocycles. The molecule has 2 aromatic rings. The number of nitrogens with zero attached hydrogens (tertiary/aromatic N) is 1. The van der Waals surface area contributed by atoms with Crippen LogP contribution in [0.1, 0.15) is 30.0 Å². The second-order valence-electron chi connectivity index (χ2n) is 7.02. The van der Waals surface area contributed by atoms with Crippen LogP contribution in [0.3, 0.4) is 0 Å². The Hall–Kier alpha value is -2.95. The number of rotatable bonds is 5. The van der Waals surface area contributed by atoms with E-state index in [9.17, 15) is 14.0 Å². The molecule has 138 valence electrons. The van der Waals surface area contributed by atoms with Gasteiger partial charge in [0, 0.05) is 12.6 Å². The summed E-state index contributed by atoms with van der Waals surface area (Å²) in [7, 11) is 0. The number of hydrogen-bond donors (Lipinski definition) is 1. The van der Waals surface area contributed by atoms with E-state index in [2.05, 4.69) is 5.32 Å². The van der Waals surface area contributed by atoms with E-state index in [1.165, 1.54) is 12.1 Å². The molecule has 0 saturated carbocycles. The number of halogens is 1. The van der Waals surface area contributed by atoms with E-state index in [0.29, 0.717) is 18.5 Å². The highest BCUT2D eigenvalue weighted by Gasteiger charge is 2.51. The summed E-state index contributed by atoms with van der Waals surface area (Å²) in [5, 5.41) is 2.91. The normalized spacial score (nSPS) is 22.0. The highest BCUT2D eigenvalue weighted by Crippen LogP contribution is 2.41. The van der Waals surface area contributed by atoms with Gasteiger partial charge in [-0.25, -0.2) is 4.39 Å². The average Bonchev–Trinajstić information content (AvgIpc) is 2.70. The Kier molecular flexibility index (Phi) is 4.75. The van der Waals surface area contributed by atoms with Gasteiger partial charge in [-0.05, 0) is 36.1 Å². The van der Waals surface area contributed by atoms with Crippen LogP contribution in [0.5, 0.6) is 0 Å². The zero-order valence-electron chi connectivity index (χ0n) is 14.8. The number of fused-ring (bicyclic) bond motifs is 1. The zero-order valence-corrected chi connectivity index (χ0v) is 14.8. The number of hydrogen-bond acceptors (Lipinski definition) is 2. The van der Waals surface area contributed by atoms with Crippen LogP contribution >= 0.6 is 0 Å². The molecular formula is C22H21FN2O2. The smallest absolute Gasteiger partial charge is 0.247 e. The molecule has 0 aromatic heterocycles. The molecule has 1 heterocycles. The molecule has 2 aliphatic rings. The quantitative estimate of drug-likeness (QED) is 0.653. The van der Waals surface area contributed by atoms with Crippen LogP contribution < -0.4 is 5.32 Å². The fraction of sp³-hybridized carbons (Fsp3) is 0.273. The van der Waals surface area contributed by atoms with Gasteiger partial charge in [-0.3, -0.25) is 9.59 Å². The van der Waals surface area contributed by atoms with Gasteiger partial charge in [-0.15, -0.1) is 0 Å². The van der Waals surface area contributed by atoms with Crippen LogP contribution in [0, 0.1) is 11.7 Å². The minimum Gasteiger partial charge on any atom is -0.350 e. The Morgan fingerprint density at radius 1 is 1.11 bits per heavy atom. The summed E-state index contributed by atoms with van der Waals surface area (Å²) in [6.07, 6.45) is 5.50. The van der Waals surface area contributed by atoms with Crippen molar-refractivity contribution in [3.63, 3.8) is 0 Å². The van der Waals surface area contributed by atoms with Crippen molar-refractivity contribution in [1.82, 2.24) is 10.2 Å². The van der Waals surface area contributed by atoms with E-state index in [-0.39, 0.29) is 23.8 Å². The second-order valence-corrected chi connectivity index (χ2v) is 7.02. The standard InChI is InChI=1S/C22H21FN2O2/c23-17-10-6-9-16(13-17)20(21(26)24-14-15-7-2-1-3-8-15)25-19-12-5-4-11-18(19)22(25)27/h1-10,13,18-20H,11-12,14H2,(H,24,26)/t18-,19+,20?/m1/s1. The molecule has 1 aliphatic heterocycles. The van der Waals surface area contributed by atoms with Crippen LogP contribution in [0.2, 0.25) is 0 Å². The first-order chi connectivity index (χ1) is 13.1. The molecule has 5 heteroatoms. The van der Waals surface area contributed by atoms with Crippen molar-refractivity contribution in [3.8, 4) is 0 Å². The number of β-lactam (4-membered cyclic amide) rings is 1. The maximum Gasteiger partial charge on any atom is 0.247 e. The first-order valence-electron chi connectivity index (χ1n) is 9.19. The molecule has 1 aliphatic carbocycles. The molecule has 27 heavy (non-hydrogen) atoms. The van der Waals surface area contributed by atoms with Crippen LogP contribution in [-0.2, 0) is 16.1 Å². The summed E-state index contributed by atoms with van der Waals surface area (Å²) in [5.41, 5.74) is 1.47. The molecule has 0 spiro atoms. The third-order valence-electron chi connectivity index (χ3n) is 5.33. The molecule has 1 saturated heterocycles. The van der Waals surface area contributed by atoms with Crippen molar-refractivity contribution >= 4 is 11.8 Å². The van der Waals surface area contributed by atoms with Gasteiger partial charge in [0.1, 0.15) is 11.9 Å². The first-order valence-corrected chi connectivity index (χ1v) is 9.19. The number of amides is 2. The number of carbonyl (C=O) groups excluding carboxylic acids is 2. The fourth-order valence-electron chi connectivity index (χ4n) is 3.96. The molecule has 4 rings (SSSR count). The summed E-state index contributed by atoms with van der Waals surface area (Å²) in [5.74, 6) is -0.798. The summed E-state index contributed by atoms with van der Waals surface area (Å²) in [6.45, 7) is 0.363. The molecule has 0 bridgehead atoms. The van der Waals surface area contributed by atoms with E-state index in [1.807, 2.05) is 42.5 Å². The van der Waals surface area contributed by atoms with Crippen molar-refractivity contribution in [2.24, 2.45) is 5.92 Å². The van der Waals surface area contributed by atoms with Gasteiger partial charge >= 0.3 is 0 Å². The third-order valence-corrected chi connectivity index (χ3v) is 5.33. The Labute approximate surface area is 157 Å². The Morgan fingerprint density at radius 2 is 1.89 bits per heavy atom. The van der Waals surface area contributed by atoms with Gasteiger partial charge in [0.15, 0.2) is 0 Å². The van der Waals surface area contributed by atoms with Gasteiger partial charge < -0.3 is 10.2 Å². The van der Waals surface area contributed by atoms with Gasteiger partial charge in [-0.1, -0.05) is 54.6 Å². The number of allylic oxidation sites excluding steroid dienone is 1. The molecule has 4 nitrogen and oxygen atoms in total. The minimum atomic E-state index is -0.815. The maximum atomic E-state index is 13.8. The molecule has 1 unspecified atom stereocenters. The second kappa shape index (κ2) is 7.35. The van der Waals surface area contributed by atoms with E-state index in [0.717, 1.165) is 12.0 Å². The first kappa shape index (κ1) is 17.5. The molecule has 1 N–H and O–H groups in total. The fourth-order valence-corrected chi connectivity index (χ4v) is 3.96. The maximum absolute atomic E-state index is 13.8. The predicted octanol–water partition coefficient (Wildman–Crippen LogP) is 3.36. The highest BCUT2D eigenvalue weighted by molar-refractivity contribution is 5.94. The lowest BCUT2D eigenvalue weighted by molar-refractivity contribution is -0.165. The Balaban J connectivity index is 1.59. The molecule has 1 fully saturated rings. The van der Waals surface area contributed by atoms with Crippen molar-refractivity contribution in [2.45, 2.75) is 31.5 Å². The minimum absolute atomic E-state index is 0.00163. The summed E-state index contributed by atoms with van der Waals surface area (Å²) < 4.78 is 13.8. The predicted molar refractivity (Wildman–Crippen MR) is 99.9 cm³/mol. The monoisotopic (exact) mass is 364 g/mol. The lowest BCUT2D eigenvalue weighted by Crippen LogP contribution is -2.64. The van der Waals surface area contributed by atoms with Gasteiger partial charge in [-0.2, -0.15) is 0 Å². The number of carbonyl (C=O) groups is 2. The summed E-state index contributed by atoms with van der Waals surface area (Å²) in [4.78, 5) is 27.4. The molecular weight excluding hydrogens is 343 g/mol. The third kappa shape index (κ3) is 3.37. The van der Waals surface area contributed by atoms with E-state index < -0.39 is 11.9 Å². The lowest BCUT2D eigenvalue weighted by atomic mass is 9.77. The van der Waals surface area contributed by atoms with Crippen LogP contribution in [0.15, 0.2) is 66.7 Å². The summed E-state index contributed by atoms with van der Waals surface area (Å²) >= 11 is 0. The van der Waals surface area contributed by atoms with Crippen LogP contribution in [0.4, 0.5) is 4.39 Å². The number of likely N-dealkylation sites (tertiary alicyclic amines) is 1. The van der Waals surface area contributed by atoms with Gasteiger partial charge in [0.2, 0.25) is 11.8 Å². The van der Waals surface area contributed by atoms with E-state index in [4.69, 9.17) is 0 Å². The van der Waals surface area contributed by atoms with Gasteiger partial charge in [0.05, 0.1) is 5.92 Å². The Bertz CT molecular complexity index is 881. The molecule has 0 radical (unpaired) electrons. The zero-order chi connectivity index (χ0) is 18.8. The lowest BCUT2D eigenvalue weighted by Gasteiger charge is -2.51. The number of benzene rings is 2. The van der Waals surface area contributed by atoms with Crippen LogP contribution in [-0.4, -0.2) is 22.8 Å². The van der Waals surface area contributed by atoms with Crippen molar-refractivity contribution in [3.05, 3.63) is 83.7 Å². The molecule has 3 atom stereocenters. The van der Waals surface area contributed by atoms with Crippen molar-refractivity contribution < 1.29 is 14.0 Å².